The van der Waals surface area contributed by atoms with Gasteiger partial charge >= 0.3 is 0 Å². The van der Waals surface area contributed by atoms with Crippen LogP contribution >= 0.6 is 11.3 Å². The van der Waals surface area contributed by atoms with E-state index in [-0.39, 0.29) is 17.9 Å². The van der Waals surface area contributed by atoms with Crippen LogP contribution in [0.5, 0.6) is 5.75 Å². The zero-order chi connectivity index (χ0) is 28.4. The van der Waals surface area contributed by atoms with Crippen molar-refractivity contribution in [2.24, 2.45) is 0 Å². The van der Waals surface area contributed by atoms with Gasteiger partial charge in [-0.15, -0.1) is 11.3 Å². The third kappa shape index (κ3) is 6.40. The van der Waals surface area contributed by atoms with Crippen LogP contribution in [0.25, 0.3) is 21.0 Å². The molecule has 0 spiro atoms. The second-order valence-corrected chi connectivity index (χ2v) is 14.0. The van der Waals surface area contributed by atoms with Gasteiger partial charge in [0, 0.05) is 36.9 Å². The molecule has 10 heteroatoms. The van der Waals surface area contributed by atoms with E-state index >= 15 is 0 Å². The molecule has 0 radical (unpaired) electrons. The molecular formula is C30H37N5O3S2. The SMILES string of the molecule is CC(C)Oc1ccc(-c2ncc(-c3cccc4c3CCC4NS(=O)(=O)CCN3CC[C@@H](N(C)C)C3)s2)cc1C#N. The van der Waals surface area contributed by atoms with Crippen molar-refractivity contribution in [1.82, 2.24) is 19.5 Å². The van der Waals surface area contributed by atoms with Crippen molar-refractivity contribution in [3.63, 3.8) is 0 Å². The number of rotatable bonds is 10. The maximum Gasteiger partial charge on any atom is 0.213 e. The Kier molecular flexibility index (Phi) is 8.59. The maximum atomic E-state index is 13.0. The Hall–Kier alpha value is -2.81. The van der Waals surface area contributed by atoms with E-state index in [9.17, 15) is 13.7 Å². The molecule has 3 aromatic rings. The molecule has 5 rings (SSSR count). The third-order valence-corrected chi connectivity index (χ3v) is 10.2. The maximum absolute atomic E-state index is 13.0. The highest BCUT2D eigenvalue weighted by molar-refractivity contribution is 7.89. The van der Waals surface area contributed by atoms with E-state index in [1.165, 1.54) is 5.56 Å². The third-order valence-electron chi connectivity index (χ3n) is 7.73. The minimum absolute atomic E-state index is 0.0150. The number of nitrogens with zero attached hydrogens (tertiary/aromatic N) is 4. The van der Waals surface area contributed by atoms with E-state index in [0.717, 1.165) is 58.9 Å². The molecule has 1 fully saturated rings. The van der Waals surface area contributed by atoms with E-state index in [4.69, 9.17) is 4.74 Å². The van der Waals surface area contributed by atoms with Gasteiger partial charge in [0.2, 0.25) is 10.0 Å². The molecule has 1 unspecified atom stereocenters. The highest BCUT2D eigenvalue weighted by Crippen LogP contribution is 2.41. The average molecular weight is 580 g/mol. The fourth-order valence-corrected chi connectivity index (χ4v) is 7.87. The number of hydrogen-bond donors (Lipinski definition) is 1. The summed E-state index contributed by atoms with van der Waals surface area (Å²) < 4.78 is 34.8. The standard InChI is InChI=1S/C30H37N5O3S2/c1-20(2)38-28-11-8-21(16-22(28)17-31)30-32-18-29(39-30)26-7-5-6-25-24(26)9-10-27(25)33-40(36,37)15-14-35-13-12-23(19-35)34(3)4/h5-8,11,16,18,20,23,27,33H,9-10,12-15,19H2,1-4H3/t23-,27?/m1/s1. The topological polar surface area (TPSA) is 98.6 Å². The molecule has 0 amide bonds. The first kappa shape index (κ1) is 28.7. The second-order valence-electron chi connectivity index (χ2n) is 11.1. The molecule has 0 bridgehead atoms. The number of thiazole rings is 1. The number of ether oxygens (including phenoxy) is 1. The number of nitriles is 1. The molecule has 0 saturated carbocycles. The lowest BCUT2D eigenvalue weighted by Gasteiger charge is -2.21. The van der Waals surface area contributed by atoms with Crippen LogP contribution in [-0.4, -0.2) is 74.8 Å². The number of likely N-dealkylation sites (N-methyl/N-ethyl adjacent to an activating group) is 1. The summed E-state index contributed by atoms with van der Waals surface area (Å²) in [6, 6.07) is 14.2. The normalized spacial score (nSPS) is 19.3. The predicted molar refractivity (Wildman–Crippen MR) is 160 cm³/mol. The zero-order valence-corrected chi connectivity index (χ0v) is 25.2. The molecule has 2 aliphatic rings. The number of hydrogen-bond acceptors (Lipinski definition) is 8. The van der Waals surface area contributed by atoms with Crippen molar-refractivity contribution in [3.05, 3.63) is 59.3 Å². The quantitative estimate of drug-likeness (QED) is 0.372. The van der Waals surface area contributed by atoms with Crippen molar-refractivity contribution in [2.75, 3.05) is 39.5 Å². The summed E-state index contributed by atoms with van der Waals surface area (Å²) in [4.78, 5) is 10.2. The first-order valence-electron chi connectivity index (χ1n) is 13.8. The van der Waals surface area contributed by atoms with Gasteiger partial charge in [0.25, 0.3) is 0 Å². The van der Waals surface area contributed by atoms with Crippen LogP contribution in [0.2, 0.25) is 0 Å². The highest BCUT2D eigenvalue weighted by Gasteiger charge is 2.30. The lowest BCUT2D eigenvalue weighted by atomic mass is 10.0. The van der Waals surface area contributed by atoms with Gasteiger partial charge in [-0.2, -0.15) is 5.26 Å². The first-order chi connectivity index (χ1) is 19.1. The number of fused-ring (bicyclic) bond motifs is 1. The Morgan fingerprint density at radius 3 is 2.80 bits per heavy atom. The molecule has 40 heavy (non-hydrogen) atoms. The largest absolute Gasteiger partial charge is 0.490 e. The van der Waals surface area contributed by atoms with Gasteiger partial charge in [-0.3, -0.25) is 0 Å². The zero-order valence-electron chi connectivity index (χ0n) is 23.6. The predicted octanol–water partition coefficient (Wildman–Crippen LogP) is 4.68. The van der Waals surface area contributed by atoms with Crippen molar-refractivity contribution >= 4 is 21.4 Å². The summed E-state index contributed by atoms with van der Waals surface area (Å²) >= 11 is 1.57. The number of sulfonamides is 1. The lowest BCUT2D eigenvalue weighted by Crippen LogP contribution is -2.37. The summed E-state index contributed by atoms with van der Waals surface area (Å²) in [5, 5.41) is 10.4. The van der Waals surface area contributed by atoms with E-state index in [1.54, 1.807) is 11.3 Å². The van der Waals surface area contributed by atoms with Crippen molar-refractivity contribution in [1.29, 1.82) is 5.26 Å². The summed E-state index contributed by atoms with van der Waals surface area (Å²) in [6.45, 7) is 6.29. The van der Waals surface area contributed by atoms with E-state index in [0.29, 0.717) is 23.9 Å². The Labute approximate surface area is 241 Å². The second kappa shape index (κ2) is 12.0. The molecule has 2 atom stereocenters. The first-order valence-corrected chi connectivity index (χ1v) is 16.3. The highest BCUT2D eigenvalue weighted by atomic mass is 32.2. The number of aromatic nitrogens is 1. The monoisotopic (exact) mass is 579 g/mol. The van der Waals surface area contributed by atoms with Crippen molar-refractivity contribution in [2.45, 2.75) is 51.3 Å². The smallest absolute Gasteiger partial charge is 0.213 e. The summed E-state index contributed by atoms with van der Waals surface area (Å²) in [7, 11) is 0.748. The average Bonchev–Trinajstić information content (AvgIpc) is 3.68. The number of likely N-dealkylation sites (tertiary alicyclic amines) is 1. The van der Waals surface area contributed by atoms with Gasteiger partial charge in [-0.25, -0.2) is 18.1 Å². The minimum Gasteiger partial charge on any atom is -0.490 e. The summed E-state index contributed by atoms with van der Waals surface area (Å²) in [5.74, 6) is 0.688. The Bertz CT molecular complexity index is 1510. The fraction of sp³-hybridized carbons (Fsp3) is 0.467. The van der Waals surface area contributed by atoms with Crippen LogP contribution in [0.4, 0.5) is 0 Å². The van der Waals surface area contributed by atoms with Gasteiger partial charge in [-0.1, -0.05) is 18.2 Å². The number of nitrogens with one attached hydrogen (secondary N) is 1. The molecule has 2 aromatic carbocycles. The minimum atomic E-state index is -3.41. The molecule has 1 aliphatic carbocycles. The summed E-state index contributed by atoms with van der Waals surface area (Å²) in [5.41, 5.74) is 4.68. The lowest BCUT2D eigenvalue weighted by molar-refractivity contribution is 0.242. The molecule has 212 valence electrons. The molecule has 1 aliphatic heterocycles. The van der Waals surface area contributed by atoms with Gasteiger partial charge in [0.05, 0.1) is 22.3 Å². The van der Waals surface area contributed by atoms with Gasteiger partial charge in [0.1, 0.15) is 16.8 Å². The molecule has 1 aromatic heterocycles. The molecule has 1 saturated heterocycles. The Morgan fingerprint density at radius 2 is 2.08 bits per heavy atom. The van der Waals surface area contributed by atoms with Crippen LogP contribution in [0, 0.1) is 11.3 Å². The van der Waals surface area contributed by atoms with Crippen molar-refractivity contribution < 1.29 is 13.2 Å². The van der Waals surface area contributed by atoms with Crippen LogP contribution < -0.4 is 9.46 Å². The van der Waals surface area contributed by atoms with Crippen LogP contribution in [0.3, 0.4) is 0 Å². The summed E-state index contributed by atoms with van der Waals surface area (Å²) in [6.07, 6.45) is 4.48. The van der Waals surface area contributed by atoms with Gasteiger partial charge < -0.3 is 14.5 Å². The Balaban J connectivity index is 1.29. The van der Waals surface area contributed by atoms with Gasteiger partial charge in [0.15, 0.2) is 0 Å². The van der Waals surface area contributed by atoms with E-state index in [2.05, 4.69) is 45.7 Å². The number of benzene rings is 2. The van der Waals surface area contributed by atoms with Crippen LogP contribution in [0.1, 0.15) is 49.4 Å². The van der Waals surface area contributed by atoms with E-state index < -0.39 is 10.0 Å². The van der Waals surface area contributed by atoms with Crippen molar-refractivity contribution in [3.8, 4) is 32.8 Å². The fourth-order valence-electron chi connectivity index (χ4n) is 5.61. The van der Waals surface area contributed by atoms with E-state index in [1.807, 2.05) is 50.4 Å². The van der Waals surface area contributed by atoms with Crippen LogP contribution in [-0.2, 0) is 16.4 Å². The molecule has 2 heterocycles. The molecular weight excluding hydrogens is 542 g/mol. The molecule has 8 nitrogen and oxygen atoms in total. The Morgan fingerprint density at radius 1 is 1.25 bits per heavy atom. The van der Waals surface area contributed by atoms with Crippen LogP contribution in [0.15, 0.2) is 42.6 Å². The molecule has 1 N–H and O–H groups in total. The van der Waals surface area contributed by atoms with Gasteiger partial charge in [-0.05, 0) is 88.6 Å².